The van der Waals surface area contributed by atoms with Gasteiger partial charge in [0.05, 0.1) is 48.3 Å². The molecule has 0 fully saturated rings. The lowest BCUT2D eigenvalue weighted by atomic mass is 10.2. The van der Waals surface area contributed by atoms with E-state index in [9.17, 15) is 13.2 Å². The Balaban J connectivity index is 1.52. The van der Waals surface area contributed by atoms with Crippen molar-refractivity contribution in [2.45, 2.75) is 4.90 Å². The lowest BCUT2D eigenvalue weighted by Crippen LogP contribution is -2.27. The molecule has 0 unspecified atom stereocenters. The zero-order valence-corrected chi connectivity index (χ0v) is 27.3. The highest BCUT2D eigenvalue weighted by Gasteiger charge is 2.25. The summed E-state index contributed by atoms with van der Waals surface area (Å²) < 4.78 is 45.8. The minimum absolute atomic E-state index is 0.0396. The molecule has 0 aliphatic heterocycles. The first kappa shape index (κ1) is 31.0. The van der Waals surface area contributed by atoms with Crippen LogP contribution < -0.4 is 23.5 Å². The number of halogens is 1. The maximum atomic E-state index is 13.9. The number of ether oxygens (including phenoxy) is 3. The number of carbonyl (C=O) groups excluding carboxylic acids is 1. The number of sulfonamides is 1. The van der Waals surface area contributed by atoms with Crippen molar-refractivity contribution in [3.63, 3.8) is 0 Å². The highest BCUT2D eigenvalue weighted by Crippen LogP contribution is 2.38. The van der Waals surface area contributed by atoms with E-state index in [1.807, 2.05) is 24.3 Å². The minimum atomic E-state index is -3.86. The van der Waals surface area contributed by atoms with E-state index in [1.54, 1.807) is 36.4 Å². The van der Waals surface area contributed by atoms with Gasteiger partial charge in [0, 0.05) is 22.6 Å². The monoisotopic (exact) mass is 694 g/mol. The molecule has 5 aromatic rings. The lowest BCUT2D eigenvalue weighted by molar-refractivity contribution is 0.0987. The topological polar surface area (TPSA) is 111 Å². The Morgan fingerprint density at radius 2 is 1.57 bits per heavy atom. The van der Waals surface area contributed by atoms with E-state index in [0.717, 1.165) is 9.17 Å². The standard InChI is InChI=1S/C31H27BrN4O6S2/c1-35(23-8-6-5-7-9-23)44(38,39)24-13-10-21(11-14-24)30(37)36(31-34-25-15-12-22(32)18-28(25)43-31)33-19-20-16-26(40-2)29(42-4)27(17-20)41-3/h5-19H,1-4H3/b33-19+. The van der Waals surface area contributed by atoms with Crippen LogP contribution in [-0.4, -0.2) is 53.9 Å². The van der Waals surface area contributed by atoms with Crippen LogP contribution >= 0.6 is 27.3 Å². The van der Waals surface area contributed by atoms with Gasteiger partial charge in [-0.05, 0) is 66.7 Å². The Morgan fingerprint density at radius 1 is 0.909 bits per heavy atom. The molecule has 0 radical (unpaired) electrons. The van der Waals surface area contributed by atoms with Crippen LogP contribution in [0.1, 0.15) is 15.9 Å². The third-order valence-electron chi connectivity index (χ3n) is 6.60. The fourth-order valence-corrected chi connectivity index (χ4v) is 6.96. The maximum Gasteiger partial charge on any atom is 0.280 e. The maximum absolute atomic E-state index is 13.9. The zero-order valence-electron chi connectivity index (χ0n) is 24.1. The number of hydrogen-bond acceptors (Lipinski definition) is 9. The highest BCUT2D eigenvalue weighted by atomic mass is 79.9. The predicted molar refractivity (Wildman–Crippen MR) is 176 cm³/mol. The van der Waals surface area contributed by atoms with Gasteiger partial charge in [0.15, 0.2) is 11.5 Å². The van der Waals surface area contributed by atoms with Crippen molar-refractivity contribution in [2.24, 2.45) is 5.10 Å². The van der Waals surface area contributed by atoms with Crippen molar-refractivity contribution in [2.75, 3.05) is 37.7 Å². The summed E-state index contributed by atoms with van der Waals surface area (Å²) in [5.41, 5.74) is 2.00. The molecule has 0 atom stereocenters. The normalized spacial score (nSPS) is 11.5. The van der Waals surface area contributed by atoms with E-state index in [0.29, 0.717) is 39.1 Å². The highest BCUT2D eigenvalue weighted by molar-refractivity contribution is 9.10. The van der Waals surface area contributed by atoms with Crippen LogP contribution in [0.25, 0.3) is 10.2 Å². The fraction of sp³-hybridized carbons (Fsp3) is 0.129. The first-order valence-corrected chi connectivity index (χ1v) is 16.1. The largest absolute Gasteiger partial charge is 0.493 e. The molecule has 13 heteroatoms. The van der Waals surface area contributed by atoms with Gasteiger partial charge in [0.2, 0.25) is 10.9 Å². The molecule has 1 heterocycles. The van der Waals surface area contributed by atoms with Gasteiger partial charge in [-0.25, -0.2) is 13.4 Å². The number of aromatic nitrogens is 1. The first-order chi connectivity index (χ1) is 21.2. The molecule has 4 aromatic carbocycles. The van der Waals surface area contributed by atoms with Crippen LogP contribution in [0.2, 0.25) is 0 Å². The molecule has 0 aliphatic carbocycles. The van der Waals surface area contributed by atoms with Crippen LogP contribution in [0.15, 0.2) is 99.4 Å². The minimum Gasteiger partial charge on any atom is -0.493 e. The number of benzene rings is 4. The Morgan fingerprint density at radius 3 is 2.18 bits per heavy atom. The Kier molecular flexibility index (Phi) is 9.18. The molecule has 1 amide bonds. The van der Waals surface area contributed by atoms with E-state index in [2.05, 4.69) is 26.0 Å². The van der Waals surface area contributed by atoms with E-state index in [1.165, 1.54) is 79.5 Å². The van der Waals surface area contributed by atoms with E-state index in [4.69, 9.17) is 14.2 Å². The Bertz CT molecular complexity index is 1920. The number of amides is 1. The average Bonchev–Trinajstić information content (AvgIpc) is 3.47. The molecule has 226 valence electrons. The number of hydrogen-bond donors (Lipinski definition) is 0. The van der Waals surface area contributed by atoms with E-state index < -0.39 is 15.9 Å². The number of hydrazone groups is 1. The van der Waals surface area contributed by atoms with Crippen molar-refractivity contribution in [1.29, 1.82) is 0 Å². The summed E-state index contributed by atoms with van der Waals surface area (Å²) in [6, 6.07) is 23.5. The number of carbonyl (C=O) groups is 1. The van der Waals surface area contributed by atoms with Gasteiger partial charge in [-0.3, -0.25) is 9.10 Å². The molecular weight excluding hydrogens is 668 g/mol. The fourth-order valence-electron chi connectivity index (χ4n) is 4.29. The predicted octanol–water partition coefficient (Wildman–Crippen LogP) is 6.59. The smallest absolute Gasteiger partial charge is 0.280 e. The Labute approximate surface area is 267 Å². The molecule has 0 N–H and O–H groups in total. The number of thiazole rings is 1. The van der Waals surface area contributed by atoms with Crippen molar-refractivity contribution < 1.29 is 27.4 Å². The molecule has 0 aliphatic rings. The summed E-state index contributed by atoms with van der Waals surface area (Å²) in [7, 11) is 2.15. The van der Waals surface area contributed by atoms with Gasteiger partial charge in [-0.1, -0.05) is 45.5 Å². The summed E-state index contributed by atoms with van der Waals surface area (Å²) in [5.74, 6) is 0.763. The van der Waals surface area contributed by atoms with Crippen molar-refractivity contribution >= 4 is 70.4 Å². The summed E-state index contributed by atoms with van der Waals surface area (Å²) in [4.78, 5) is 18.6. The average molecular weight is 696 g/mol. The van der Waals surface area contributed by atoms with Gasteiger partial charge >= 0.3 is 0 Å². The van der Waals surface area contributed by atoms with Gasteiger partial charge in [0.25, 0.3) is 15.9 Å². The second-order valence-corrected chi connectivity index (χ2v) is 13.2. The SMILES string of the molecule is COc1cc(/C=N/N(C(=O)c2ccc(S(=O)(=O)N(C)c3ccccc3)cc2)c2nc3ccc(Br)cc3s2)cc(OC)c1OC. The Hall–Kier alpha value is -4.46. The number of fused-ring (bicyclic) bond motifs is 1. The molecule has 5 rings (SSSR count). The summed E-state index contributed by atoms with van der Waals surface area (Å²) in [6.07, 6.45) is 1.48. The third kappa shape index (κ3) is 6.25. The van der Waals surface area contributed by atoms with Gasteiger partial charge in [-0.15, -0.1) is 0 Å². The summed E-state index contributed by atoms with van der Waals surface area (Å²) in [6.45, 7) is 0. The summed E-state index contributed by atoms with van der Waals surface area (Å²) in [5, 5.41) is 6.03. The van der Waals surface area contributed by atoms with E-state index >= 15 is 0 Å². The second-order valence-electron chi connectivity index (χ2n) is 9.26. The molecule has 44 heavy (non-hydrogen) atoms. The molecule has 0 saturated heterocycles. The lowest BCUT2D eigenvalue weighted by Gasteiger charge is -2.20. The molecule has 10 nitrogen and oxygen atoms in total. The van der Waals surface area contributed by atoms with Crippen LogP contribution in [0.4, 0.5) is 10.8 Å². The van der Waals surface area contributed by atoms with Crippen molar-refractivity contribution in [1.82, 2.24) is 4.98 Å². The number of para-hydroxylation sites is 1. The van der Waals surface area contributed by atoms with E-state index in [-0.39, 0.29) is 10.5 Å². The van der Waals surface area contributed by atoms with Gasteiger partial charge in [0.1, 0.15) is 0 Å². The first-order valence-electron chi connectivity index (χ1n) is 13.0. The molecule has 0 bridgehead atoms. The molecule has 0 saturated carbocycles. The van der Waals surface area contributed by atoms with Crippen LogP contribution in [-0.2, 0) is 10.0 Å². The van der Waals surface area contributed by atoms with Gasteiger partial charge in [-0.2, -0.15) is 10.1 Å². The number of rotatable bonds is 10. The molecule has 1 aromatic heterocycles. The quantitative estimate of drug-likeness (QED) is 0.120. The van der Waals surface area contributed by atoms with Crippen LogP contribution in [0.5, 0.6) is 17.2 Å². The third-order valence-corrected chi connectivity index (χ3v) is 9.89. The second kappa shape index (κ2) is 13.0. The van der Waals surface area contributed by atoms with Crippen LogP contribution in [0.3, 0.4) is 0 Å². The van der Waals surface area contributed by atoms with Crippen molar-refractivity contribution in [3.05, 3.63) is 101 Å². The summed E-state index contributed by atoms with van der Waals surface area (Å²) >= 11 is 4.76. The van der Waals surface area contributed by atoms with Gasteiger partial charge < -0.3 is 14.2 Å². The molecular formula is C31H27BrN4O6S2. The van der Waals surface area contributed by atoms with Crippen LogP contribution in [0, 0.1) is 0 Å². The zero-order chi connectivity index (χ0) is 31.4. The number of anilines is 2. The molecule has 0 spiro atoms. The number of nitrogens with zero attached hydrogens (tertiary/aromatic N) is 4. The van der Waals surface area contributed by atoms with Crippen molar-refractivity contribution in [3.8, 4) is 17.2 Å². The number of methoxy groups -OCH3 is 3.